The van der Waals surface area contributed by atoms with Gasteiger partial charge in [0.1, 0.15) is 6.10 Å². The van der Waals surface area contributed by atoms with Gasteiger partial charge in [0, 0.05) is 17.0 Å². The van der Waals surface area contributed by atoms with Crippen LogP contribution >= 0.6 is 0 Å². The first kappa shape index (κ1) is 14.1. The van der Waals surface area contributed by atoms with Crippen LogP contribution in [0.5, 0.6) is 0 Å². The number of hydrogen-bond acceptors (Lipinski definition) is 5. The summed E-state index contributed by atoms with van der Waals surface area (Å²) in [6.07, 6.45) is -1.17. The van der Waals surface area contributed by atoms with Crippen LogP contribution in [0, 0.1) is 11.8 Å². The van der Waals surface area contributed by atoms with Gasteiger partial charge in [-0.3, -0.25) is 9.59 Å². The highest BCUT2D eigenvalue weighted by atomic mass is 16.8. The van der Waals surface area contributed by atoms with E-state index in [9.17, 15) is 9.59 Å². The third-order valence-corrected chi connectivity index (χ3v) is 4.77. The maximum absolute atomic E-state index is 12.7. The fourth-order valence-corrected chi connectivity index (χ4v) is 3.87. The Labute approximate surface area is 128 Å². The monoisotopic (exact) mass is 302 g/mol. The van der Waals surface area contributed by atoms with Crippen molar-refractivity contribution in [3.8, 4) is 0 Å². The third kappa shape index (κ3) is 1.82. The maximum atomic E-state index is 12.7. The van der Waals surface area contributed by atoms with Crippen molar-refractivity contribution in [3.05, 3.63) is 35.4 Å². The van der Waals surface area contributed by atoms with Gasteiger partial charge in [0.15, 0.2) is 23.6 Å². The molecule has 0 spiro atoms. The SMILES string of the molecule is CC1OC2OC(C)(C)OC2C1C1C(=O)c2ccccc2C1=O. The third-order valence-electron chi connectivity index (χ3n) is 4.77. The van der Waals surface area contributed by atoms with Crippen molar-refractivity contribution >= 4 is 11.6 Å². The molecular formula is C17H18O5. The largest absolute Gasteiger partial charge is 0.346 e. The Morgan fingerprint density at radius 1 is 1.00 bits per heavy atom. The lowest BCUT2D eigenvalue weighted by Gasteiger charge is -2.26. The molecule has 4 rings (SSSR count). The van der Waals surface area contributed by atoms with Crippen LogP contribution < -0.4 is 0 Å². The second-order valence-electron chi connectivity index (χ2n) is 6.64. The molecular weight excluding hydrogens is 284 g/mol. The van der Waals surface area contributed by atoms with Crippen LogP contribution in [0.3, 0.4) is 0 Å². The van der Waals surface area contributed by atoms with Gasteiger partial charge in [0.05, 0.1) is 12.0 Å². The molecule has 0 radical (unpaired) electrons. The quantitative estimate of drug-likeness (QED) is 0.744. The van der Waals surface area contributed by atoms with Crippen LogP contribution in [0.25, 0.3) is 0 Å². The average Bonchev–Trinajstić information content (AvgIpc) is 2.99. The minimum Gasteiger partial charge on any atom is -0.346 e. The fraction of sp³-hybridized carbons (Fsp3) is 0.529. The van der Waals surface area contributed by atoms with E-state index < -0.39 is 24.1 Å². The van der Waals surface area contributed by atoms with Crippen LogP contribution in [0.1, 0.15) is 41.5 Å². The van der Waals surface area contributed by atoms with E-state index in [4.69, 9.17) is 14.2 Å². The zero-order valence-corrected chi connectivity index (χ0v) is 12.7. The van der Waals surface area contributed by atoms with Gasteiger partial charge >= 0.3 is 0 Å². The highest BCUT2D eigenvalue weighted by Crippen LogP contribution is 2.46. The lowest BCUT2D eigenvalue weighted by Crippen LogP contribution is -2.38. The lowest BCUT2D eigenvalue weighted by molar-refractivity contribution is -0.208. The number of ketones is 2. The van der Waals surface area contributed by atoms with Gasteiger partial charge in [-0.1, -0.05) is 24.3 Å². The van der Waals surface area contributed by atoms with E-state index in [0.29, 0.717) is 11.1 Å². The van der Waals surface area contributed by atoms with E-state index in [1.54, 1.807) is 24.3 Å². The number of Topliss-reactive ketones (excluding diaryl/α,β-unsaturated/α-hetero) is 2. The number of benzene rings is 1. The summed E-state index contributed by atoms with van der Waals surface area (Å²) in [4.78, 5) is 25.4. The van der Waals surface area contributed by atoms with E-state index in [0.717, 1.165) is 0 Å². The van der Waals surface area contributed by atoms with Crippen molar-refractivity contribution in [1.29, 1.82) is 0 Å². The first-order chi connectivity index (χ1) is 10.4. The molecule has 116 valence electrons. The number of carbonyl (C=O) groups is 2. The second-order valence-corrected chi connectivity index (χ2v) is 6.64. The average molecular weight is 302 g/mol. The number of rotatable bonds is 1. The summed E-state index contributed by atoms with van der Waals surface area (Å²) in [6, 6.07) is 6.98. The Hall–Kier alpha value is -1.56. The molecule has 0 aromatic heterocycles. The van der Waals surface area contributed by atoms with E-state index in [-0.39, 0.29) is 23.6 Å². The Kier molecular flexibility index (Phi) is 2.86. The zero-order chi connectivity index (χ0) is 15.6. The smallest absolute Gasteiger partial charge is 0.187 e. The summed E-state index contributed by atoms with van der Waals surface area (Å²) in [5.41, 5.74) is 1.01. The number of hydrogen-bond donors (Lipinski definition) is 0. The molecule has 2 saturated heterocycles. The standard InChI is InChI=1S/C17H18O5/c1-8-11(15-16(20-8)22-17(2,3)21-15)12-13(18)9-6-4-5-7-10(9)14(12)19/h4-8,11-12,15-16H,1-3H3. The Morgan fingerprint density at radius 2 is 1.59 bits per heavy atom. The summed E-state index contributed by atoms with van der Waals surface area (Å²) in [6.45, 7) is 5.49. The number of ether oxygens (including phenoxy) is 3. The fourth-order valence-electron chi connectivity index (χ4n) is 3.87. The normalized spacial score (nSPS) is 36.7. The first-order valence-corrected chi connectivity index (χ1v) is 7.57. The van der Waals surface area contributed by atoms with Crippen molar-refractivity contribution in [3.63, 3.8) is 0 Å². The predicted octanol–water partition coefficient (Wildman–Crippen LogP) is 2.19. The molecule has 5 heteroatoms. The topological polar surface area (TPSA) is 61.8 Å². The Morgan fingerprint density at radius 3 is 2.18 bits per heavy atom. The summed E-state index contributed by atoms with van der Waals surface area (Å²) in [5, 5.41) is 0. The van der Waals surface area contributed by atoms with Gasteiger partial charge in [0.25, 0.3) is 0 Å². The van der Waals surface area contributed by atoms with E-state index >= 15 is 0 Å². The van der Waals surface area contributed by atoms with Gasteiger partial charge in [-0.05, 0) is 20.8 Å². The van der Waals surface area contributed by atoms with E-state index in [1.165, 1.54) is 0 Å². The predicted molar refractivity (Wildman–Crippen MR) is 76.5 cm³/mol. The van der Waals surface area contributed by atoms with E-state index in [1.807, 2.05) is 20.8 Å². The minimum atomic E-state index is -0.759. The molecule has 0 saturated carbocycles. The zero-order valence-electron chi connectivity index (χ0n) is 12.7. The molecule has 0 amide bonds. The molecule has 1 aromatic rings. The van der Waals surface area contributed by atoms with Crippen molar-refractivity contribution in [2.24, 2.45) is 11.8 Å². The van der Waals surface area contributed by atoms with Crippen LogP contribution in [-0.2, 0) is 14.2 Å². The summed E-state index contributed by atoms with van der Waals surface area (Å²) in [7, 11) is 0. The highest BCUT2D eigenvalue weighted by Gasteiger charge is 2.59. The molecule has 4 unspecified atom stereocenters. The van der Waals surface area contributed by atoms with Gasteiger partial charge in [-0.2, -0.15) is 0 Å². The summed E-state index contributed by atoms with van der Waals surface area (Å²) < 4.78 is 17.4. The van der Waals surface area contributed by atoms with Crippen molar-refractivity contribution in [2.45, 2.75) is 45.1 Å². The van der Waals surface area contributed by atoms with Gasteiger partial charge in [-0.25, -0.2) is 0 Å². The van der Waals surface area contributed by atoms with Crippen LogP contribution in [-0.4, -0.2) is 35.9 Å². The van der Waals surface area contributed by atoms with Gasteiger partial charge in [-0.15, -0.1) is 0 Å². The first-order valence-electron chi connectivity index (χ1n) is 7.57. The summed E-state index contributed by atoms with van der Waals surface area (Å²) in [5.74, 6) is -2.07. The Bertz CT molecular complexity index is 630. The van der Waals surface area contributed by atoms with Crippen molar-refractivity contribution in [1.82, 2.24) is 0 Å². The molecule has 2 heterocycles. The minimum absolute atomic E-state index is 0.130. The number of carbonyl (C=O) groups excluding carboxylic acids is 2. The molecule has 22 heavy (non-hydrogen) atoms. The molecule has 0 N–H and O–H groups in total. The van der Waals surface area contributed by atoms with Crippen molar-refractivity contribution < 1.29 is 23.8 Å². The highest BCUT2D eigenvalue weighted by molar-refractivity contribution is 6.26. The van der Waals surface area contributed by atoms with Gasteiger partial charge < -0.3 is 14.2 Å². The van der Waals surface area contributed by atoms with Crippen LogP contribution in [0.2, 0.25) is 0 Å². The van der Waals surface area contributed by atoms with Gasteiger partial charge in [0.2, 0.25) is 0 Å². The van der Waals surface area contributed by atoms with E-state index in [2.05, 4.69) is 0 Å². The van der Waals surface area contributed by atoms with Crippen molar-refractivity contribution in [2.75, 3.05) is 0 Å². The molecule has 5 nitrogen and oxygen atoms in total. The molecule has 1 aliphatic carbocycles. The summed E-state index contributed by atoms with van der Waals surface area (Å²) >= 11 is 0. The Balaban J connectivity index is 1.71. The molecule has 3 aliphatic rings. The number of fused-ring (bicyclic) bond motifs is 2. The molecule has 2 fully saturated rings. The van der Waals surface area contributed by atoms with Crippen LogP contribution in [0.4, 0.5) is 0 Å². The lowest BCUT2D eigenvalue weighted by atomic mass is 9.82. The molecule has 1 aromatic carbocycles. The second kappa shape index (κ2) is 4.47. The maximum Gasteiger partial charge on any atom is 0.187 e. The molecule has 4 atom stereocenters. The molecule has 0 bridgehead atoms. The molecule has 2 aliphatic heterocycles. The van der Waals surface area contributed by atoms with Crippen LogP contribution in [0.15, 0.2) is 24.3 Å².